The summed E-state index contributed by atoms with van der Waals surface area (Å²) in [6, 6.07) is 0. The second kappa shape index (κ2) is 11.6. The molecule has 0 aromatic carbocycles. The number of ether oxygens (including phenoxy) is 2. The van der Waals surface area contributed by atoms with Gasteiger partial charge in [0, 0.05) is 53.9 Å². The van der Waals surface area contributed by atoms with Crippen LogP contribution in [0.15, 0.2) is 0 Å². The zero-order valence-corrected chi connectivity index (χ0v) is 13.5. The van der Waals surface area contributed by atoms with Crippen LogP contribution < -0.4 is 5.32 Å². The Morgan fingerprint density at radius 1 is 1.47 bits per heavy atom. The summed E-state index contributed by atoms with van der Waals surface area (Å²) in [6.45, 7) is 9.40. The van der Waals surface area contributed by atoms with Crippen LogP contribution in [0, 0.1) is 0 Å². The first kappa shape index (κ1) is 17.5. The fraction of sp³-hybridized carbons (Fsp3) is 1.00. The minimum atomic E-state index is 0. The Balaban J connectivity index is 0.00000256. The van der Waals surface area contributed by atoms with Crippen molar-refractivity contribution in [2.75, 3.05) is 59.1 Å². The SMILES string of the molecule is CCNCC1CN(CCOCC[NH-])CCO1.[W]. The van der Waals surface area contributed by atoms with Crippen molar-refractivity contribution in [1.82, 2.24) is 10.2 Å². The van der Waals surface area contributed by atoms with Crippen LogP contribution in [0.2, 0.25) is 0 Å². The van der Waals surface area contributed by atoms with Gasteiger partial charge in [-0.25, -0.2) is 0 Å². The number of hydrogen-bond donors (Lipinski definition) is 1. The number of hydrogen-bond acceptors (Lipinski definition) is 4. The van der Waals surface area contributed by atoms with Gasteiger partial charge in [0.15, 0.2) is 0 Å². The second-order valence-electron chi connectivity index (χ2n) is 3.96. The van der Waals surface area contributed by atoms with Crippen LogP contribution in [0.4, 0.5) is 0 Å². The molecule has 1 aliphatic heterocycles. The number of nitrogens with zero attached hydrogens (tertiary/aromatic N) is 1. The van der Waals surface area contributed by atoms with Gasteiger partial charge in [-0.2, -0.15) is 0 Å². The van der Waals surface area contributed by atoms with Gasteiger partial charge < -0.3 is 20.5 Å². The molecule has 0 aromatic rings. The van der Waals surface area contributed by atoms with Crippen molar-refractivity contribution in [1.29, 1.82) is 0 Å². The molecule has 2 N–H and O–H groups in total. The largest absolute Gasteiger partial charge is 0.676 e. The summed E-state index contributed by atoms with van der Waals surface area (Å²) in [4.78, 5) is 2.37. The van der Waals surface area contributed by atoms with E-state index in [1.165, 1.54) is 0 Å². The molecule has 0 amide bonds. The quantitative estimate of drug-likeness (QED) is 0.584. The molecule has 1 heterocycles. The van der Waals surface area contributed by atoms with E-state index in [9.17, 15) is 0 Å². The van der Waals surface area contributed by atoms with Crippen LogP contribution in [0.25, 0.3) is 5.73 Å². The van der Waals surface area contributed by atoms with Gasteiger partial charge in [0.25, 0.3) is 0 Å². The van der Waals surface area contributed by atoms with Crippen LogP contribution >= 0.6 is 0 Å². The van der Waals surface area contributed by atoms with Crippen molar-refractivity contribution < 1.29 is 30.5 Å². The van der Waals surface area contributed by atoms with Gasteiger partial charge >= 0.3 is 0 Å². The fourth-order valence-corrected chi connectivity index (χ4v) is 1.78. The van der Waals surface area contributed by atoms with Crippen LogP contribution in [-0.2, 0) is 30.5 Å². The molecular weight excluding hydrogens is 390 g/mol. The topological polar surface area (TPSA) is 57.5 Å². The molecule has 0 spiro atoms. The summed E-state index contributed by atoms with van der Waals surface area (Å²) < 4.78 is 11.0. The van der Waals surface area contributed by atoms with Gasteiger partial charge in [0.1, 0.15) is 0 Å². The molecular formula is C11H24N3O2W-. The van der Waals surface area contributed by atoms with Crippen molar-refractivity contribution in [3.8, 4) is 0 Å². The molecule has 17 heavy (non-hydrogen) atoms. The molecule has 102 valence electrons. The zero-order valence-electron chi connectivity index (χ0n) is 10.6. The normalized spacial score (nSPS) is 21.2. The van der Waals surface area contributed by atoms with Gasteiger partial charge in [0.2, 0.25) is 0 Å². The Labute approximate surface area is 119 Å². The van der Waals surface area contributed by atoms with Crippen molar-refractivity contribution in [3.05, 3.63) is 5.73 Å². The van der Waals surface area contributed by atoms with Crippen LogP contribution in [0.1, 0.15) is 6.92 Å². The fourth-order valence-electron chi connectivity index (χ4n) is 1.78. The molecule has 1 unspecified atom stereocenters. The van der Waals surface area contributed by atoms with Gasteiger partial charge in [-0.15, -0.1) is 6.54 Å². The smallest absolute Gasteiger partial charge is 0.0826 e. The van der Waals surface area contributed by atoms with E-state index in [0.717, 1.165) is 45.9 Å². The first-order valence-electron chi connectivity index (χ1n) is 6.13. The Kier molecular flexibility index (Phi) is 11.9. The molecule has 5 nitrogen and oxygen atoms in total. The third kappa shape index (κ3) is 8.25. The molecule has 1 atom stereocenters. The summed E-state index contributed by atoms with van der Waals surface area (Å²) in [7, 11) is 0. The maximum absolute atomic E-state index is 6.97. The third-order valence-electron chi connectivity index (χ3n) is 2.64. The van der Waals surface area contributed by atoms with E-state index in [1.807, 2.05) is 0 Å². The molecule has 1 fully saturated rings. The summed E-state index contributed by atoms with van der Waals surface area (Å²) >= 11 is 0. The standard InChI is InChI=1S/C11H24N3O2.W/c1-2-13-9-11-10-14(5-8-16-11)4-7-15-6-3-12;/h11-13H,2-10H2,1H3;/q-1;. The molecule has 0 radical (unpaired) electrons. The van der Waals surface area contributed by atoms with Crippen molar-refractivity contribution in [2.24, 2.45) is 0 Å². The van der Waals surface area contributed by atoms with Gasteiger partial charge in [0.05, 0.1) is 19.3 Å². The summed E-state index contributed by atoms with van der Waals surface area (Å²) in [6.07, 6.45) is 0.310. The van der Waals surface area contributed by atoms with E-state index < -0.39 is 0 Å². The van der Waals surface area contributed by atoms with E-state index in [2.05, 4.69) is 17.1 Å². The van der Waals surface area contributed by atoms with E-state index in [1.54, 1.807) is 0 Å². The monoisotopic (exact) mass is 414 g/mol. The summed E-state index contributed by atoms with van der Waals surface area (Å²) in [5.74, 6) is 0. The Morgan fingerprint density at radius 3 is 3.00 bits per heavy atom. The molecule has 0 aromatic heterocycles. The Hall–Kier alpha value is 0.488. The third-order valence-corrected chi connectivity index (χ3v) is 2.64. The van der Waals surface area contributed by atoms with Crippen molar-refractivity contribution >= 4 is 0 Å². The predicted molar refractivity (Wildman–Crippen MR) is 64.7 cm³/mol. The van der Waals surface area contributed by atoms with E-state index >= 15 is 0 Å². The predicted octanol–water partition coefficient (Wildman–Crippen LogP) is 0.363. The zero-order chi connectivity index (χ0) is 11.6. The maximum Gasteiger partial charge on any atom is 0.0826 e. The van der Waals surface area contributed by atoms with Crippen LogP contribution in [0.3, 0.4) is 0 Å². The second-order valence-corrected chi connectivity index (χ2v) is 3.96. The first-order valence-corrected chi connectivity index (χ1v) is 6.13. The average molecular weight is 414 g/mol. The first-order chi connectivity index (χ1) is 7.86. The Bertz CT molecular complexity index is 175. The van der Waals surface area contributed by atoms with Gasteiger partial charge in [-0.3, -0.25) is 4.90 Å². The van der Waals surface area contributed by atoms with Crippen molar-refractivity contribution in [3.63, 3.8) is 0 Å². The molecule has 0 bridgehead atoms. The molecule has 0 aliphatic carbocycles. The number of morpholine rings is 1. The minimum absolute atomic E-state index is 0. The van der Waals surface area contributed by atoms with Gasteiger partial charge in [-0.05, 0) is 6.54 Å². The van der Waals surface area contributed by atoms with Gasteiger partial charge in [-0.1, -0.05) is 6.92 Å². The van der Waals surface area contributed by atoms with Crippen LogP contribution in [0.5, 0.6) is 0 Å². The summed E-state index contributed by atoms with van der Waals surface area (Å²) in [5.41, 5.74) is 6.97. The average Bonchev–Trinajstić information content (AvgIpc) is 2.33. The summed E-state index contributed by atoms with van der Waals surface area (Å²) in [5, 5.41) is 3.31. The number of likely N-dealkylation sites (N-methyl/N-ethyl adjacent to an activating group) is 1. The van der Waals surface area contributed by atoms with Crippen molar-refractivity contribution in [2.45, 2.75) is 13.0 Å². The van der Waals surface area contributed by atoms with E-state index in [4.69, 9.17) is 15.2 Å². The number of nitrogens with one attached hydrogen (secondary N) is 2. The number of rotatable bonds is 8. The minimum Gasteiger partial charge on any atom is -0.676 e. The molecule has 1 saturated heterocycles. The molecule has 1 aliphatic rings. The van der Waals surface area contributed by atoms with E-state index in [-0.39, 0.29) is 21.1 Å². The Morgan fingerprint density at radius 2 is 2.29 bits per heavy atom. The van der Waals surface area contributed by atoms with Crippen LogP contribution in [-0.4, -0.2) is 70.1 Å². The molecule has 1 rings (SSSR count). The molecule has 6 heteroatoms. The molecule has 0 saturated carbocycles. The van der Waals surface area contributed by atoms with E-state index in [0.29, 0.717) is 19.3 Å². The maximum atomic E-state index is 6.97.